The summed E-state index contributed by atoms with van der Waals surface area (Å²) >= 11 is 3.58. The van der Waals surface area contributed by atoms with Crippen molar-refractivity contribution in [3.8, 4) is 22.6 Å². The molecule has 1 saturated heterocycles. The summed E-state index contributed by atoms with van der Waals surface area (Å²) in [7, 11) is 0. The molecule has 5 aromatic rings. The molecule has 1 aliphatic rings. The Labute approximate surface area is 225 Å². The quantitative estimate of drug-likeness (QED) is 0.243. The summed E-state index contributed by atoms with van der Waals surface area (Å²) in [4.78, 5) is 4.86. The van der Waals surface area contributed by atoms with Gasteiger partial charge in [-0.2, -0.15) is 0 Å². The summed E-state index contributed by atoms with van der Waals surface area (Å²) in [5.41, 5.74) is 6.52. The second-order valence-electron chi connectivity index (χ2n) is 9.53. The summed E-state index contributed by atoms with van der Waals surface area (Å²) in [5.74, 6) is 0.630. The Balaban J connectivity index is 1.50. The van der Waals surface area contributed by atoms with Gasteiger partial charge >= 0.3 is 0 Å². The number of aromatic nitrogens is 1. The minimum Gasteiger partial charge on any atom is -0.508 e. The van der Waals surface area contributed by atoms with Crippen LogP contribution in [-0.2, 0) is 13.1 Å². The van der Waals surface area contributed by atoms with Crippen LogP contribution in [0.2, 0.25) is 0 Å². The zero-order chi connectivity index (χ0) is 25.4. The Morgan fingerprint density at radius 2 is 1.27 bits per heavy atom. The Kier molecular flexibility index (Phi) is 6.47. The van der Waals surface area contributed by atoms with Crippen molar-refractivity contribution in [2.24, 2.45) is 0 Å². The van der Waals surface area contributed by atoms with Crippen molar-refractivity contribution in [2.45, 2.75) is 19.3 Å². The van der Waals surface area contributed by atoms with E-state index in [4.69, 9.17) is 0 Å². The maximum absolute atomic E-state index is 10.6. The van der Waals surface area contributed by atoms with Gasteiger partial charge in [0.1, 0.15) is 11.5 Å². The molecule has 3 aromatic carbocycles. The van der Waals surface area contributed by atoms with Gasteiger partial charge in [0.25, 0.3) is 0 Å². The Bertz CT molecular complexity index is 1490. The van der Waals surface area contributed by atoms with Gasteiger partial charge in [-0.05, 0) is 42.0 Å². The van der Waals surface area contributed by atoms with Crippen molar-refractivity contribution in [3.05, 3.63) is 125 Å². The Morgan fingerprint density at radius 1 is 0.703 bits per heavy atom. The van der Waals surface area contributed by atoms with Crippen LogP contribution in [0.25, 0.3) is 16.6 Å². The molecule has 186 valence electrons. The van der Waals surface area contributed by atoms with Gasteiger partial charge in [0.15, 0.2) is 0 Å². The van der Waals surface area contributed by atoms with Gasteiger partial charge in [-0.25, -0.2) is 0 Å². The minimum absolute atomic E-state index is 0.0507. The Hall–Kier alpha value is -3.58. The number of benzene rings is 3. The highest BCUT2D eigenvalue weighted by Crippen LogP contribution is 2.42. The highest BCUT2D eigenvalue weighted by Gasteiger charge is 2.37. The molecule has 0 aliphatic carbocycles. The molecule has 0 radical (unpaired) electrons. The summed E-state index contributed by atoms with van der Waals surface area (Å²) in [6.45, 7) is 2.93. The maximum atomic E-state index is 10.6. The third-order valence-electron chi connectivity index (χ3n) is 7.23. The number of para-hydroxylation sites is 2. The molecule has 2 N–H and O–H groups in total. The van der Waals surface area contributed by atoms with Crippen molar-refractivity contribution < 1.29 is 10.2 Å². The molecule has 0 saturated carbocycles. The first-order chi connectivity index (χ1) is 18.1. The van der Waals surface area contributed by atoms with Gasteiger partial charge in [0.2, 0.25) is 0 Å². The van der Waals surface area contributed by atoms with Gasteiger partial charge in [-0.15, -0.1) is 0 Å². The molecule has 6 heteroatoms. The lowest BCUT2D eigenvalue weighted by atomic mass is 10.00. The molecule has 3 heterocycles. The summed E-state index contributed by atoms with van der Waals surface area (Å²) in [6, 6.07) is 29.9. The summed E-state index contributed by atoms with van der Waals surface area (Å²) < 4.78 is 3.24. The molecule has 2 aromatic heterocycles. The highest BCUT2D eigenvalue weighted by atomic mass is 79.9. The number of halogens is 1. The van der Waals surface area contributed by atoms with Crippen LogP contribution in [0, 0.1) is 0 Å². The van der Waals surface area contributed by atoms with Crippen molar-refractivity contribution in [2.75, 3.05) is 13.1 Å². The van der Waals surface area contributed by atoms with E-state index in [1.165, 1.54) is 11.1 Å². The largest absolute Gasteiger partial charge is 0.508 e. The number of phenolic OH excluding ortho intramolecular Hbond substituents is 2. The van der Waals surface area contributed by atoms with Crippen molar-refractivity contribution in [1.82, 2.24) is 14.2 Å². The molecule has 5 nitrogen and oxygen atoms in total. The zero-order valence-corrected chi connectivity index (χ0v) is 21.9. The van der Waals surface area contributed by atoms with Gasteiger partial charge in [0, 0.05) is 65.3 Å². The Morgan fingerprint density at radius 3 is 1.86 bits per heavy atom. The van der Waals surface area contributed by atoms with Gasteiger partial charge in [-0.3, -0.25) is 9.80 Å². The number of fused-ring (bicyclic) bond motifs is 1. The van der Waals surface area contributed by atoms with Crippen LogP contribution >= 0.6 is 15.9 Å². The molecule has 0 unspecified atom stereocenters. The first-order valence-electron chi connectivity index (χ1n) is 12.5. The lowest BCUT2D eigenvalue weighted by molar-refractivity contribution is 0.126. The van der Waals surface area contributed by atoms with E-state index in [0.29, 0.717) is 24.6 Å². The minimum atomic E-state index is -0.0507. The van der Waals surface area contributed by atoms with E-state index in [1.807, 2.05) is 36.4 Å². The SMILES string of the molecule is Oc1ccccc1CN1CCN(Cc2ccccc2O)C1c1c(-c2ccc(Br)cc2)cn2ccccc12. The second-order valence-corrected chi connectivity index (χ2v) is 10.4. The molecular weight excluding hydrogens is 526 g/mol. The monoisotopic (exact) mass is 553 g/mol. The molecule has 1 fully saturated rings. The number of nitrogens with zero attached hydrogens (tertiary/aromatic N) is 3. The van der Waals surface area contributed by atoms with Crippen LogP contribution < -0.4 is 0 Å². The number of pyridine rings is 1. The van der Waals surface area contributed by atoms with Gasteiger partial charge in [-0.1, -0.05) is 70.5 Å². The van der Waals surface area contributed by atoms with E-state index in [1.54, 1.807) is 12.1 Å². The number of aromatic hydroxyl groups is 2. The van der Waals surface area contributed by atoms with E-state index < -0.39 is 0 Å². The van der Waals surface area contributed by atoms with Crippen LogP contribution in [0.3, 0.4) is 0 Å². The molecule has 0 bridgehead atoms. The fraction of sp³-hybridized carbons (Fsp3) is 0.161. The van der Waals surface area contributed by atoms with E-state index in [9.17, 15) is 10.2 Å². The molecule has 0 amide bonds. The van der Waals surface area contributed by atoms with Crippen molar-refractivity contribution in [1.29, 1.82) is 0 Å². The summed E-state index contributed by atoms with van der Waals surface area (Å²) in [5, 5.41) is 21.1. The smallest absolute Gasteiger partial charge is 0.120 e. The lowest BCUT2D eigenvalue weighted by Gasteiger charge is -2.32. The van der Waals surface area contributed by atoms with E-state index in [0.717, 1.165) is 39.8 Å². The van der Waals surface area contributed by atoms with Gasteiger partial charge < -0.3 is 14.6 Å². The average molecular weight is 554 g/mol. The second kappa shape index (κ2) is 10.1. The molecule has 0 spiro atoms. The van der Waals surface area contributed by atoms with Crippen LogP contribution in [0.1, 0.15) is 22.9 Å². The van der Waals surface area contributed by atoms with Crippen LogP contribution in [0.5, 0.6) is 11.5 Å². The van der Waals surface area contributed by atoms with Crippen LogP contribution in [0.15, 0.2) is 108 Å². The first kappa shape index (κ1) is 23.8. The van der Waals surface area contributed by atoms with E-state index >= 15 is 0 Å². The zero-order valence-electron chi connectivity index (χ0n) is 20.3. The first-order valence-corrected chi connectivity index (χ1v) is 13.2. The van der Waals surface area contributed by atoms with Crippen molar-refractivity contribution in [3.63, 3.8) is 0 Å². The standard InChI is InChI=1S/C31H28BrN3O2/c32-25-14-12-22(13-15-25)26-21-33-16-6-5-9-27(33)30(26)31-34(19-23-7-1-3-10-28(23)36)17-18-35(31)20-24-8-2-4-11-29(24)37/h1-16,21,31,36-37H,17-20H2. The lowest BCUT2D eigenvalue weighted by Crippen LogP contribution is -2.31. The van der Waals surface area contributed by atoms with Crippen LogP contribution in [0.4, 0.5) is 0 Å². The average Bonchev–Trinajstić information content (AvgIpc) is 3.47. The van der Waals surface area contributed by atoms with Gasteiger partial charge in [0.05, 0.1) is 11.7 Å². The third kappa shape index (κ3) is 4.64. The molecule has 1 aliphatic heterocycles. The number of rotatable bonds is 6. The van der Waals surface area contributed by atoms with Crippen molar-refractivity contribution >= 4 is 21.4 Å². The fourth-order valence-electron chi connectivity index (χ4n) is 5.43. The molecule has 37 heavy (non-hydrogen) atoms. The number of phenols is 2. The number of hydrogen-bond acceptors (Lipinski definition) is 4. The molecular formula is C31H28BrN3O2. The molecule has 0 atom stereocenters. The summed E-state index contributed by atoms with van der Waals surface area (Å²) in [6.07, 6.45) is 4.25. The number of hydrogen-bond donors (Lipinski definition) is 2. The van der Waals surface area contributed by atoms with Crippen LogP contribution in [-0.4, -0.2) is 37.5 Å². The maximum Gasteiger partial charge on any atom is 0.120 e. The highest BCUT2D eigenvalue weighted by molar-refractivity contribution is 9.10. The molecule has 6 rings (SSSR count). The topological polar surface area (TPSA) is 51.3 Å². The van der Waals surface area contributed by atoms with E-state index in [2.05, 4.69) is 85.0 Å². The third-order valence-corrected chi connectivity index (χ3v) is 7.76. The fourth-order valence-corrected chi connectivity index (χ4v) is 5.69. The normalized spacial score (nSPS) is 15.1. The van der Waals surface area contributed by atoms with E-state index in [-0.39, 0.29) is 6.17 Å². The predicted molar refractivity (Wildman–Crippen MR) is 150 cm³/mol. The predicted octanol–water partition coefficient (Wildman–Crippen LogP) is 6.80.